The first kappa shape index (κ1) is 21.4. The van der Waals surface area contributed by atoms with E-state index >= 15 is 0 Å². The molecule has 3 aromatic carbocycles. The number of likely N-dealkylation sites (tertiary alicyclic amines) is 1. The lowest BCUT2D eigenvalue weighted by Crippen LogP contribution is -2.52. The second-order valence-electron chi connectivity index (χ2n) is 7.89. The maximum absolute atomic E-state index is 12.7. The molecule has 1 unspecified atom stereocenters. The maximum atomic E-state index is 12.7. The Balaban J connectivity index is 1.63. The van der Waals surface area contributed by atoms with Gasteiger partial charge in [0.25, 0.3) is 0 Å². The fraction of sp³-hybridized carbons (Fsp3) is 0.250. The Morgan fingerprint density at radius 2 is 1.27 bits per heavy atom. The second kappa shape index (κ2) is 8.72. The SMILES string of the molecule is CS(=O)(=O)C(c1cc(Cl)cc(Cl)c1)C1CN(C(c2ccccc2)c2ccccc2)C1. The highest BCUT2D eigenvalue weighted by molar-refractivity contribution is 7.90. The molecule has 1 saturated heterocycles. The molecule has 0 amide bonds. The van der Waals surface area contributed by atoms with Crippen LogP contribution in [0.5, 0.6) is 0 Å². The molecule has 1 fully saturated rings. The van der Waals surface area contributed by atoms with Gasteiger partial charge in [0.2, 0.25) is 0 Å². The molecule has 156 valence electrons. The lowest BCUT2D eigenvalue weighted by atomic mass is 9.86. The molecule has 30 heavy (non-hydrogen) atoms. The zero-order valence-electron chi connectivity index (χ0n) is 16.6. The molecular formula is C24H23Cl2NO2S. The van der Waals surface area contributed by atoms with Crippen LogP contribution in [0.25, 0.3) is 0 Å². The van der Waals surface area contributed by atoms with Gasteiger partial charge < -0.3 is 0 Å². The van der Waals surface area contributed by atoms with Crippen LogP contribution < -0.4 is 0 Å². The van der Waals surface area contributed by atoms with Gasteiger partial charge in [-0.2, -0.15) is 0 Å². The number of halogens is 2. The van der Waals surface area contributed by atoms with Crippen LogP contribution in [0.2, 0.25) is 10.0 Å². The quantitative estimate of drug-likeness (QED) is 0.467. The zero-order valence-corrected chi connectivity index (χ0v) is 18.9. The fourth-order valence-electron chi connectivity index (χ4n) is 4.44. The average molecular weight is 460 g/mol. The number of nitrogens with zero attached hydrogens (tertiary/aromatic N) is 1. The van der Waals surface area contributed by atoms with E-state index in [-0.39, 0.29) is 12.0 Å². The van der Waals surface area contributed by atoms with Gasteiger partial charge >= 0.3 is 0 Å². The predicted molar refractivity (Wildman–Crippen MR) is 124 cm³/mol. The number of sulfone groups is 1. The summed E-state index contributed by atoms with van der Waals surface area (Å²) < 4.78 is 25.4. The van der Waals surface area contributed by atoms with Gasteiger partial charge in [0.05, 0.1) is 11.3 Å². The van der Waals surface area contributed by atoms with E-state index in [1.807, 2.05) is 36.4 Å². The van der Waals surface area contributed by atoms with Crippen molar-refractivity contribution >= 4 is 33.0 Å². The Kier molecular flexibility index (Phi) is 6.21. The van der Waals surface area contributed by atoms with E-state index in [4.69, 9.17) is 23.2 Å². The van der Waals surface area contributed by atoms with Crippen molar-refractivity contribution in [1.82, 2.24) is 4.90 Å². The molecule has 6 heteroatoms. The molecule has 0 N–H and O–H groups in total. The van der Waals surface area contributed by atoms with E-state index in [0.717, 1.165) is 0 Å². The van der Waals surface area contributed by atoms with Crippen molar-refractivity contribution in [3.05, 3.63) is 106 Å². The summed E-state index contributed by atoms with van der Waals surface area (Å²) in [5.41, 5.74) is 3.06. The molecule has 1 aliphatic heterocycles. The number of hydrogen-bond acceptors (Lipinski definition) is 3. The summed E-state index contributed by atoms with van der Waals surface area (Å²) in [4.78, 5) is 2.33. The van der Waals surface area contributed by atoms with Crippen LogP contribution in [-0.2, 0) is 9.84 Å². The molecule has 0 aromatic heterocycles. The van der Waals surface area contributed by atoms with Gasteiger partial charge in [-0.3, -0.25) is 4.90 Å². The summed E-state index contributed by atoms with van der Waals surface area (Å²) >= 11 is 12.3. The largest absolute Gasteiger partial charge is 0.292 e. The average Bonchev–Trinajstić information content (AvgIpc) is 2.66. The van der Waals surface area contributed by atoms with Crippen LogP contribution in [0.1, 0.15) is 28.0 Å². The van der Waals surface area contributed by atoms with Crippen molar-refractivity contribution in [2.75, 3.05) is 19.3 Å². The van der Waals surface area contributed by atoms with E-state index in [0.29, 0.717) is 28.7 Å². The van der Waals surface area contributed by atoms with Gasteiger partial charge in [-0.1, -0.05) is 83.9 Å². The van der Waals surface area contributed by atoms with Crippen molar-refractivity contribution < 1.29 is 8.42 Å². The minimum absolute atomic E-state index is 0.0237. The lowest BCUT2D eigenvalue weighted by Gasteiger charge is -2.47. The summed E-state index contributed by atoms with van der Waals surface area (Å²) in [6.45, 7) is 1.35. The third-order valence-electron chi connectivity index (χ3n) is 5.64. The molecule has 3 aromatic rings. The molecule has 0 bridgehead atoms. The highest BCUT2D eigenvalue weighted by Crippen LogP contribution is 2.42. The second-order valence-corrected chi connectivity index (χ2v) is 10.9. The van der Waals surface area contributed by atoms with Crippen molar-refractivity contribution in [3.63, 3.8) is 0 Å². The maximum Gasteiger partial charge on any atom is 0.154 e. The Labute approximate surface area is 188 Å². The molecule has 0 spiro atoms. The minimum atomic E-state index is -3.33. The summed E-state index contributed by atoms with van der Waals surface area (Å²) in [6.07, 6.45) is 1.29. The summed E-state index contributed by atoms with van der Waals surface area (Å²) in [5.74, 6) is -0.0237. The van der Waals surface area contributed by atoms with Crippen LogP contribution in [0.3, 0.4) is 0 Å². The summed E-state index contributed by atoms with van der Waals surface area (Å²) in [5, 5.41) is 0.278. The van der Waals surface area contributed by atoms with Gasteiger partial charge in [-0.25, -0.2) is 8.42 Å². The van der Waals surface area contributed by atoms with Crippen LogP contribution in [0.15, 0.2) is 78.9 Å². The van der Waals surface area contributed by atoms with E-state index in [9.17, 15) is 8.42 Å². The number of rotatable bonds is 6. The highest BCUT2D eigenvalue weighted by Gasteiger charge is 2.43. The highest BCUT2D eigenvalue weighted by atomic mass is 35.5. The van der Waals surface area contributed by atoms with E-state index in [1.54, 1.807) is 18.2 Å². The molecule has 1 atom stereocenters. The van der Waals surface area contributed by atoms with E-state index < -0.39 is 15.1 Å². The molecule has 0 radical (unpaired) electrons. The van der Waals surface area contributed by atoms with Crippen LogP contribution >= 0.6 is 23.2 Å². The summed E-state index contributed by atoms with van der Waals surface area (Å²) in [6, 6.07) is 25.8. The van der Waals surface area contributed by atoms with Gasteiger partial charge in [0, 0.05) is 35.3 Å². The first-order valence-electron chi connectivity index (χ1n) is 9.82. The van der Waals surface area contributed by atoms with Crippen molar-refractivity contribution in [2.45, 2.75) is 11.3 Å². The zero-order chi connectivity index (χ0) is 21.3. The minimum Gasteiger partial charge on any atom is -0.292 e. The van der Waals surface area contributed by atoms with Gasteiger partial charge in [0.15, 0.2) is 9.84 Å². The molecule has 0 aliphatic carbocycles. The lowest BCUT2D eigenvalue weighted by molar-refractivity contribution is 0.0655. The molecular weight excluding hydrogens is 437 g/mol. The Morgan fingerprint density at radius 1 is 0.800 bits per heavy atom. The molecule has 3 nitrogen and oxygen atoms in total. The standard InChI is InChI=1S/C24H23Cl2NO2S/c1-30(28,29)24(19-12-21(25)14-22(26)13-19)20-15-27(16-20)23(17-8-4-2-5-9-17)18-10-6-3-7-11-18/h2-14,20,23-24H,15-16H2,1H3. The summed E-state index contributed by atoms with van der Waals surface area (Å²) in [7, 11) is -3.33. The van der Waals surface area contributed by atoms with Gasteiger partial charge in [-0.15, -0.1) is 0 Å². The van der Waals surface area contributed by atoms with Crippen molar-refractivity contribution in [2.24, 2.45) is 5.92 Å². The number of hydrogen-bond donors (Lipinski definition) is 0. The monoisotopic (exact) mass is 459 g/mol. The normalized spacial score (nSPS) is 16.4. The molecule has 0 saturated carbocycles. The third-order valence-corrected chi connectivity index (χ3v) is 7.65. The third kappa shape index (κ3) is 4.57. The Hall–Kier alpha value is -1.85. The first-order valence-corrected chi connectivity index (χ1v) is 12.5. The van der Waals surface area contributed by atoms with Gasteiger partial charge in [0.1, 0.15) is 0 Å². The Bertz CT molecular complexity index is 1050. The fourth-order valence-corrected chi connectivity index (χ4v) is 6.49. The van der Waals surface area contributed by atoms with Crippen molar-refractivity contribution in [3.8, 4) is 0 Å². The van der Waals surface area contributed by atoms with Gasteiger partial charge in [-0.05, 0) is 34.9 Å². The van der Waals surface area contributed by atoms with Crippen LogP contribution in [0, 0.1) is 5.92 Å². The molecule has 1 heterocycles. The first-order chi connectivity index (χ1) is 14.3. The topological polar surface area (TPSA) is 37.4 Å². The van der Waals surface area contributed by atoms with Crippen LogP contribution in [0.4, 0.5) is 0 Å². The van der Waals surface area contributed by atoms with E-state index in [2.05, 4.69) is 29.2 Å². The number of benzene rings is 3. The van der Waals surface area contributed by atoms with Crippen molar-refractivity contribution in [1.29, 1.82) is 0 Å². The van der Waals surface area contributed by atoms with Crippen LogP contribution in [-0.4, -0.2) is 32.7 Å². The smallest absolute Gasteiger partial charge is 0.154 e. The molecule has 1 aliphatic rings. The Morgan fingerprint density at radius 3 is 1.70 bits per heavy atom. The van der Waals surface area contributed by atoms with E-state index in [1.165, 1.54) is 17.4 Å². The molecule has 4 rings (SSSR count). The predicted octanol–water partition coefficient (Wildman–Crippen LogP) is 5.80.